The Morgan fingerprint density at radius 3 is 2.14 bits per heavy atom. The van der Waals surface area contributed by atoms with Crippen LogP contribution in [0.4, 0.5) is 0 Å². The average molecular weight is 199 g/mol. The smallest absolute Gasteiger partial charge is 0.308 e. The quantitative estimate of drug-likeness (QED) is 0.605. The highest BCUT2D eigenvalue weighted by Crippen LogP contribution is 2.29. The number of esters is 1. The molecule has 1 fully saturated rings. The van der Waals surface area contributed by atoms with E-state index in [1.54, 1.807) is 6.92 Å². The molecule has 1 aliphatic carbocycles. The van der Waals surface area contributed by atoms with Crippen LogP contribution in [0.5, 0.6) is 0 Å². The van der Waals surface area contributed by atoms with Gasteiger partial charge in [-0.3, -0.25) is 4.79 Å². The Morgan fingerprint density at radius 1 is 1.21 bits per heavy atom. The fourth-order valence-electron chi connectivity index (χ4n) is 1.82. The fraction of sp³-hybridized carbons (Fsp3) is 0.800. The maximum Gasteiger partial charge on any atom is 0.308 e. The highest BCUT2D eigenvalue weighted by molar-refractivity contribution is 5.73. The molecule has 0 heterocycles. The maximum atomic E-state index is 11.3. The minimum atomic E-state index is -0.993. The van der Waals surface area contributed by atoms with Gasteiger partial charge in [0.2, 0.25) is 0 Å². The summed E-state index contributed by atoms with van der Waals surface area (Å²) in [6.45, 7) is 2.16. The second kappa shape index (κ2) is 4.98. The zero-order valence-electron chi connectivity index (χ0n) is 8.32. The minimum absolute atomic E-state index is 0.106. The van der Waals surface area contributed by atoms with Crippen molar-refractivity contribution >= 4 is 11.9 Å². The normalized spacial score (nSPS) is 26.9. The van der Waals surface area contributed by atoms with Gasteiger partial charge in [-0.1, -0.05) is 0 Å². The Labute approximate surface area is 83.2 Å². The number of rotatable bonds is 3. The first kappa shape index (κ1) is 11.0. The van der Waals surface area contributed by atoms with Gasteiger partial charge in [0.05, 0.1) is 12.5 Å². The summed E-state index contributed by atoms with van der Waals surface area (Å²) in [7, 11) is 0. The largest absolute Gasteiger partial charge is 0.550 e. The second-order valence-corrected chi connectivity index (χ2v) is 3.62. The van der Waals surface area contributed by atoms with E-state index in [0.29, 0.717) is 32.3 Å². The Bertz CT molecular complexity index is 216. The van der Waals surface area contributed by atoms with E-state index in [4.69, 9.17) is 4.74 Å². The lowest BCUT2D eigenvalue weighted by Gasteiger charge is -2.27. The van der Waals surface area contributed by atoms with Crippen LogP contribution in [0.25, 0.3) is 0 Å². The molecule has 4 nitrogen and oxygen atoms in total. The second-order valence-electron chi connectivity index (χ2n) is 3.62. The van der Waals surface area contributed by atoms with Crippen molar-refractivity contribution in [2.24, 2.45) is 11.8 Å². The molecule has 0 amide bonds. The predicted octanol–water partition coefficient (Wildman–Crippen LogP) is 0.106. The summed E-state index contributed by atoms with van der Waals surface area (Å²) >= 11 is 0. The lowest BCUT2D eigenvalue weighted by molar-refractivity contribution is -0.312. The molecule has 0 aromatic heterocycles. The van der Waals surface area contributed by atoms with E-state index in [2.05, 4.69) is 0 Å². The van der Waals surface area contributed by atoms with Crippen LogP contribution >= 0.6 is 0 Å². The number of hydrogen-bond donors (Lipinski definition) is 0. The molecule has 14 heavy (non-hydrogen) atoms. The van der Waals surface area contributed by atoms with Crippen molar-refractivity contribution in [1.29, 1.82) is 0 Å². The molecule has 0 spiro atoms. The molecule has 0 N–H and O–H groups in total. The van der Waals surface area contributed by atoms with Crippen molar-refractivity contribution in [3.63, 3.8) is 0 Å². The number of aliphatic carboxylic acids is 1. The van der Waals surface area contributed by atoms with Crippen LogP contribution in [-0.4, -0.2) is 18.5 Å². The van der Waals surface area contributed by atoms with E-state index in [1.807, 2.05) is 0 Å². The van der Waals surface area contributed by atoms with Crippen LogP contribution in [0.3, 0.4) is 0 Å². The molecule has 1 saturated carbocycles. The van der Waals surface area contributed by atoms with Crippen LogP contribution in [0.15, 0.2) is 0 Å². The number of hydrogen-bond acceptors (Lipinski definition) is 4. The monoisotopic (exact) mass is 199 g/mol. The zero-order chi connectivity index (χ0) is 10.6. The van der Waals surface area contributed by atoms with Crippen LogP contribution in [0, 0.1) is 11.8 Å². The van der Waals surface area contributed by atoms with Gasteiger partial charge in [0, 0.05) is 5.97 Å². The SMILES string of the molecule is CCOC(=O)C1CCC(C(=O)[O-])CC1. The first-order valence-corrected chi connectivity index (χ1v) is 5.02. The van der Waals surface area contributed by atoms with E-state index in [9.17, 15) is 14.7 Å². The van der Waals surface area contributed by atoms with Crippen LogP contribution in [-0.2, 0) is 14.3 Å². The van der Waals surface area contributed by atoms with Gasteiger partial charge >= 0.3 is 5.97 Å². The van der Waals surface area contributed by atoms with Gasteiger partial charge in [0.25, 0.3) is 0 Å². The standard InChI is InChI=1S/C10H16O4/c1-2-14-10(13)8-5-3-7(4-6-8)9(11)12/h7-8H,2-6H2,1H3,(H,11,12)/p-1. The van der Waals surface area contributed by atoms with Gasteiger partial charge in [-0.25, -0.2) is 0 Å². The summed E-state index contributed by atoms with van der Waals surface area (Å²) in [4.78, 5) is 21.8. The molecule has 80 valence electrons. The van der Waals surface area contributed by atoms with E-state index in [-0.39, 0.29) is 17.8 Å². The first-order chi connectivity index (χ1) is 6.65. The van der Waals surface area contributed by atoms with Gasteiger partial charge in [0.15, 0.2) is 0 Å². The van der Waals surface area contributed by atoms with Crippen LogP contribution in [0.2, 0.25) is 0 Å². The Kier molecular flexibility index (Phi) is 3.92. The van der Waals surface area contributed by atoms with Crippen LogP contribution < -0.4 is 5.11 Å². The highest BCUT2D eigenvalue weighted by atomic mass is 16.5. The molecule has 0 saturated heterocycles. The number of carbonyl (C=O) groups is 2. The Balaban J connectivity index is 2.35. The summed E-state index contributed by atoms with van der Waals surface area (Å²) < 4.78 is 4.88. The molecule has 0 unspecified atom stereocenters. The average Bonchev–Trinajstić information content (AvgIpc) is 2.18. The molecule has 0 aliphatic heterocycles. The number of carboxylic acid groups (broad SMARTS) is 1. The topological polar surface area (TPSA) is 66.4 Å². The van der Waals surface area contributed by atoms with Crippen molar-refractivity contribution < 1.29 is 19.4 Å². The molecule has 0 aromatic carbocycles. The third kappa shape index (κ3) is 2.72. The third-order valence-corrected chi connectivity index (χ3v) is 2.68. The molecule has 0 radical (unpaired) electrons. The molecular weight excluding hydrogens is 184 g/mol. The lowest BCUT2D eigenvalue weighted by atomic mass is 9.82. The van der Waals surface area contributed by atoms with Crippen molar-refractivity contribution in [2.75, 3.05) is 6.61 Å². The van der Waals surface area contributed by atoms with Gasteiger partial charge in [-0.15, -0.1) is 0 Å². The van der Waals surface area contributed by atoms with Crippen molar-refractivity contribution in [2.45, 2.75) is 32.6 Å². The highest BCUT2D eigenvalue weighted by Gasteiger charge is 2.27. The molecule has 4 heteroatoms. The van der Waals surface area contributed by atoms with Gasteiger partial charge < -0.3 is 14.6 Å². The molecular formula is C10H15O4-. The zero-order valence-corrected chi connectivity index (χ0v) is 8.32. The van der Waals surface area contributed by atoms with Crippen molar-refractivity contribution in [3.05, 3.63) is 0 Å². The number of carboxylic acids is 1. The Hall–Kier alpha value is -1.06. The fourth-order valence-corrected chi connectivity index (χ4v) is 1.82. The summed E-state index contributed by atoms with van der Waals surface area (Å²) in [6.07, 6.45) is 2.28. The van der Waals surface area contributed by atoms with Crippen molar-refractivity contribution in [1.82, 2.24) is 0 Å². The summed E-state index contributed by atoms with van der Waals surface area (Å²) in [6, 6.07) is 0. The van der Waals surface area contributed by atoms with Gasteiger partial charge in [-0.2, -0.15) is 0 Å². The molecule has 1 rings (SSSR count). The third-order valence-electron chi connectivity index (χ3n) is 2.68. The van der Waals surface area contributed by atoms with Crippen LogP contribution in [0.1, 0.15) is 32.6 Å². The van der Waals surface area contributed by atoms with E-state index in [1.165, 1.54) is 0 Å². The molecule has 0 bridgehead atoms. The number of ether oxygens (including phenoxy) is 1. The number of carbonyl (C=O) groups excluding carboxylic acids is 2. The molecule has 1 aliphatic rings. The summed E-state index contributed by atoms with van der Waals surface area (Å²) in [5.74, 6) is -1.66. The maximum absolute atomic E-state index is 11.3. The minimum Gasteiger partial charge on any atom is -0.550 e. The van der Waals surface area contributed by atoms with Gasteiger partial charge in [0.1, 0.15) is 0 Å². The van der Waals surface area contributed by atoms with Crippen molar-refractivity contribution in [3.8, 4) is 0 Å². The summed E-state index contributed by atoms with van der Waals surface area (Å²) in [5.41, 5.74) is 0. The predicted molar refractivity (Wildman–Crippen MR) is 47.1 cm³/mol. The van der Waals surface area contributed by atoms with Gasteiger partial charge in [-0.05, 0) is 38.5 Å². The first-order valence-electron chi connectivity index (χ1n) is 5.02. The molecule has 0 atom stereocenters. The van der Waals surface area contributed by atoms with E-state index >= 15 is 0 Å². The van der Waals surface area contributed by atoms with E-state index in [0.717, 1.165) is 0 Å². The lowest BCUT2D eigenvalue weighted by Crippen LogP contribution is -2.35. The summed E-state index contributed by atoms with van der Waals surface area (Å²) in [5, 5.41) is 10.5. The Morgan fingerprint density at radius 2 is 1.71 bits per heavy atom. The molecule has 0 aromatic rings. The van der Waals surface area contributed by atoms with E-state index < -0.39 is 5.97 Å².